The molecule has 0 unspecified atom stereocenters. The number of aromatic nitrogens is 3. The first-order chi connectivity index (χ1) is 16.6. The summed E-state index contributed by atoms with van der Waals surface area (Å²) in [6.07, 6.45) is 7.02. The lowest BCUT2D eigenvalue weighted by Crippen LogP contribution is -2.38. The molecule has 3 aromatic rings. The van der Waals surface area contributed by atoms with Gasteiger partial charge in [0.2, 0.25) is 10.0 Å². The Morgan fingerprint density at radius 2 is 1.97 bits per heavy atom. The molecule has 2 atom stereocenters. The summed E-state index contributed by atoms with van der Waals surface area (Å²) >= 11 is 1.32. The van der Waals surface area contributed by atoms with Gasteiger partial charge in [0, 0.05) is 42.3 Å². The van der Waals surface area contributed by atoms with E-state index in [1.54, 1.807) is 6.07 Å². The van der Waals surface area contributed by atoms with Crippen molar-refractivity contribution in [1.82, 2.24) is 19.5 Å². The molecule has 2 saturated heterocycles. The third kappa shape index (κ3) is 4.88. The van der Waals surface area contributed by atoms with Gasteiger partial charge < -0.3 is 9.80 Å². The third-order valence-electron chi connectivity index (χ3n) is 6.80. The van der Waals surface area contributed by atoms with Crippen LogP contribution in [0.3, 0.4) is 0 Å². The molecule has 1 amide bonds. The number of piperidine rings is 1. The Bertz CT molecular complexity index is 1380. The average molecular weight is 517 g/mol. The number of thiophene rings is 1. The number of sulfonamides is 1. The lowest BCUT2D eigenvalue weighted by molar-refractivity contribution is 0.0612. The molecule has 2 aliphatic heterocycles. The monoisotopic (exact) mass is 516 g/mol. The van der Waals surface area contributed by atoms with E-state index in [9.17, 15) is 13.2 Å². The molecule has 11 heteroatoms. The number of anilines is 2. The predicted octanol–water partition coefficient (Wildman–Crippen LogP) is 3.99. The maximum absolute atomic E-state index is 13.7. The largest absolute Gasteiger partial charge is 0.356 e. The van der Waals surface area contributed by atoms with Crippen LogP contribution in [0.4, 0.5) is 11.5 Å². The minimum Gasteiger partial charge on any atom is -0.356 e. The average Bonchev–Trinajstić information content (AvgIpc) is 3.49. The van der Waals surface area contributed by atoms with Crippen molar-refractivity contribution in [2.45, 2.75) is 52.5 Å². The molecule has 0 saturated carbocycles. The van der Waals surface area contributed by atoms with Gasteiger partial charge in [-0.15, -0.1) is 11.3 Å². The fourth-order valence-electron chi connectivity index (χ4n) is 5.19. The van der Waals surface area contributed by atoms with Crippen LogP contribution in [-0.4, -0.2) is 59.7 Å². The smallest absolute Gasteiger partial charge is 0.266 e. The molecule has 0 aromatic carbocycles. The van der Waals surface area contributed by atoms with Crippen LogP contribution in [0.25, 0.3) is 5.65 Å². The molecule has 5 heterocycles. The van der Waals surface area contributed by atoms with Gasteiger partial charge >= 0.3 is 0 Å². The Hall–Kier alpha value is -2.66. The van der Waals surface area contributed by atoms with Crippen molar-refractivity contribution in [1.29, 1.82) is 0 Å². The number of amides is 1. The predicted molar refractivity (Wildman–Crippen MR) is 139 cm³/mol. The van der Waals surface area contributed by atoms with Crippen LogP contribution in [-0.2, 0) is 10.0 Å². The maximum atomic E-state index is 13.7. The Morgan fingerprint density at radius 3 is 2.69 bits per heavy atom. The van der Waals surface area contributed by atoms with E-state index in [4.69, 9.17) is 10.1 Å². The molecule has 0 radical (unpaired) electrons. The minimum atomic E-state index is -3.49. The van der Waals surface area contributed by atoms with Gasteiger partial charge in [-0.1, -0.05) is 6.92 Å². The number of hydrogen-bond donors (Lipinski definition) is 1. The number of aryl methyl sites for hydroxylation is 2. The summed E-state index contributed by atoms with van der Waals surface area (Å²) in [5.41, 5.74) is 3.04. The SMILES string of the molecule is Cc1cc(NS(C)(=O)=O)c(C(=O)N2CCCC[C@H]2c2cc3nc(N4CC[C@H](C)C4)c(C)cn3n2)s1. The second-order valence-corrected chi connectivity index (χ2v) is 12.9. The highest BCUT2D eigenvalue weighted by molar-refractivity contribution is 7.92. The lowest BCUT2D eigenvalue weighted by Gasteiger charge is -2.34. The van der Waals surface area contributed by atoms with Crippen LogP contribution in [0.5, 0.6) is 0 Å². The van der Waals surface area contributed by atoms with Gasteiger partial charge in [-0.2, -0.15) is 5.10 Å². The van der Waals surface area contributed by atoms with Crippen LogP contribution in [0.2, 0.25) is 0 Å². The van der Waals surface area contributed by atoms with E-state index in [1.807, 2.05) is 28.6 Å². The van der Waals surface area contributed by atoms with Crippen molar-refractivity contribution in [3.8, 4) is 0 Å². The minimum absolute atomic E-state index is 0.160. The van der Waals surface area contributed by atoms with Crippen LogP contribution in [0.15, 0.2) is 18.3 Å². The zero-order chi connectivity index (χ0) is 24.9. The number of hydrogen-bond acceptors (Lipinski definition) is 7. The normalized spacial score (nSPS) is 21.1. The molecule has 2 fully saturated rings. The fourth-order valence-corrected chi connectivity index (χ4v) is 6.74. The molecule has 3 aromatic heterocycles. The Kier molecular flexibility index (Phi) is 6.25. The van der Waals surface area contributed by atoms with E-state index >= 15 is 0 Å². The summed E-state index contributed by atoms with van der Waals surface area (Å²) in [5, 5.41) is 4.83. The van der Waals surface area contributed by atoms with Gasteiger partial charge in [0.1, 0.15) is 10.7 Å². The molecule has 0 spiro atoms. The number of carbonyl (C=O) groups is 1. The first-order valence-electron chi connectivity index (χ1n) is 12.1. The van der Waals surface area contributed by atoms with Crippen LogP contribution in [0.1, 0.15) is 64.5 Å². The number of nitrogens with zero attached hydrogens (tertiary/aromatic N) is 5. The highest BCUT2D eigenvalue weighted by Crippen LogP contribution is 2.36. The number of likely N-dealkylation sites (tertiary alicyclic amines) is 1. The highest BCUT2D eigenvalue weighted by atomic mass is 32.2. The van der Waals surface area contributed by atoms with E-state index in [0.29, 0.717) is 23.0 Å². The van der Waals surface area contributed by atoms with Gasteiger partial charge in [-0.05, 0) is 51.5 Å². The molecule has 35 heavy (non-hydrogen) atoms. The summed E-state index contributed by atoms with van der Waals surface area (Å²) < 4.78 is 28.0. The van der Waals surface area contributed by atoms with Crippen molar-refractivity contribution in [2.24, 2.45) is 5.92 Å². The Morgan fingerprint density at radius 1 is 1.17 bits per heavy atom. The van der Waals surface area contributed by atoms with E-state index < -0.39 is 10.0 Å². The first-order valence-corrected chi connectivity index (χ1v) is 14.8. The van der Waals surface area contributed by atoms with Crippen LogP contribution < -0.4 is 9.62 Å². The van der Waals surface area contributed by atoms with Crippen molar-refractivity contribution in [3.63, 3.8) is 0 Å². The first kappa shape index (κ1) is 24.1. The molecule has 2 aliphatic rings. The van der Waals surface area contributed by atoms with Crippen molar-refractivity contribution in [2.75, 3.05) is 35.5 Å². The zero-order valence-corrected chi connectivity index (χ0v) is 22.2. The van der Waals surface area contributed by atoms with Crippen molar-refractivity contribution < 1.29 is 13.2 Å². The van der Waals surface area contributed by atoms with E-state index in [-0.39, 0.29) is 11.9 Å². The maximum Gasteiger partial charge on any atom is 0.266 e. The summed E-state index contributed by atoms with van der Waals surface area (Å²) in [4.78, 5) is 24.1. The van der Waals surface area contributed by atoms with Gasteiger partial charge in [0.25, 0.3) is 5.91 Å². The fraction of sp³-hybridized carbons (Fsp3) is 0.542. The van der Waals surface area contributed by atoms with E-state index in [1.165, 1.54) is 17.8 Å². The summed E-state index contributed by atoms with van der Waals surface area (Å²) in [5.74, 6) is 1.51. The van der Waals surface area contributed by atoms with Crippen molar-refractivity contribution in [3.05, 3.63) is 39.3 Å². The van der Waals surface area contributed by atoms with E-state index in [2.05, 4.69) is 23.5 Å². The lowest BCUT2D eigenvalue weighted by atomic mass is 9.99. The topological polar surface area (TPSA) is 99.9 Å². The van der Waals surface area contributed by atoms with Gasteiger partial charge in [0.05, 0.1) is 23.7 Å². The molecular formula is C24H32N6O3S2. The van der Waals surface area contributed by atoms with E-state index in [0.717, 1.165) is 66.2 Å². The van der Waals surface area contributed by atoms with Crippen LogP contribution in [0, 0.1) is 19.8 Å². The number of carbonyl (C=O) groups excluding carboxylic acids is 1. The zero-order valence-electron chi connectivity index (χ0n) is 20.6. The number of rotatable bonds is 5. The van der Waals surface area contributed by atoms with Gasteiger partial charge in [-0.25, -0.2) is 17.9 Å². The Balaban J connectivity index is 1.47. The van der Waals surface area contributed by atoms with Gasteiger partial charge in [0.15, 0.2) is 5.65 Å². The molecule has 188 valence electrons. The number of nitrogens with one attached hydrogen (secondary N) is 1. The third-order valence-corrected chi connectivity index (χ3v) is 8.43. The molecule has 9 nitrogen and oxygen atoms in total. The van der Waals surface area contributed by atoms with Gasteiger partial charge in [-0.3, -0.25) is 9.52 Å². The molecule has 0 bridgehead atoms. The number of fused-ring (bicyclic) bond motifs is 1. The summed E-state index contributed by atoms with van der Waals surface area (Å²) in [6.45, 7) is 8.85. The highest BCUT2D eigenvalue weighted by Gasteiger charge is 2.33. The second-order valence-electron chi connectivity index (χ2n) is 9.94. The molecule has 5 rings (SSSR count). The molecule has 1 N–H and O–H groups in total. The van der Waals surface area contributed by atoms with Crippen molar-refractivity contribution >= 4 is 44.4 Å². The summed E-state index contributed by atoms with van der Waals surface area (Å²) in [6, 6.07) is 3.53. The quantitative estimate of drug-likeness (QED) is 0.550. The molecular weight excluding hydrogens is 484 g/mol. The standard InChI is InChI=1S/C24H32N6O3S2/c1-15-8-10-28(13-15)23-16(2)14-30-21(25-23)12-18(26-30)20-7-5-6-9-29(20)24(31)22-19(11-17(3)34-22)27-35(4,32)33/h11-12,14-15,20,27H,5-10,13H2,1-4H3/t15-,20-/m0/s1. The Labute approximate surface area is 210 Å². The van der Waals surface area contributed by atoms with Crippen LogP contribution >= 0.6 is 11.3 Å². The molecule has 0 aliphatic carbocycles. The second kappa shape index (κ2) is 9.09. The summed E-state index contributed by atoms with van der Waals surface area (Å²) in [7, 11) is -3.49.